The molecule has 0 aliphatic rings. The van der Waals surface area contributed by atoms with Crippen molar-refractivity contribution in [1.82, 2.24) is 4.98 Å². The first-order valence-electron chi connectivity index (χ1n) is 5.10. The molecule has 2 N–H and O–H groups in total. The molecule has 0 unspecified atom stereocenters. The van der Waals surface area contributed by atoms with E-state index in [2.05, 4.69) is 18.8 Å². The molecule has 16 heavy (non-hydrogen) atoms. The second-order valence-corrected chi connectivity index (χ2v) is 5.40. The summed E-state index contributed by atoms with van der Waals surface area (Å²) < 4.78 is 0. The predicted octanol–water partition coefficient (Wildman–Crippen LogP) is 4.17. The van der Waals surface area contributed by atoms with E-state index in [1.165, 1.54) is 11.3 Å². The van der Waals surface area contributed by atoms with Crippen LogP contribution in [0.3, 0.4) is 0 Å². The first-order valence-corrected chi connectivity index (χ1v) is 6.29. The van der Waals surface area contributed by atoms with Gasteiger partial charge in [0.1, 0.15) is 10.0 Å². The van der Waals surface area contributed by atoms with Crippen LogP contribution in [0.1, 0.15) is 25.5 Å². The van der Waals surface area contributed by atoms with Gasteiger partial charge in [0.05, 0.1) is 5.69 Å². The van der Waals surface area contributed by atoms with Crippen LogP contribution < -0.4 is 5.73 Å². The molecule has 2 rings (SSSR count). The molecule has 0 aliphatic heterocycles. The number of aromatic nitrogens is 1. The summed E-state index contributed by atoms with van der Waals surface area (Å²) in [7, 11) is 0. The summed E-state index contributed by atoms with van der Waals surface area (Å²) in [5, 5.41) is 2.50. The lowest BCUT2D eigenvalue weighted by Crippen LogP contribution is -1.92. The van der Waals surface area contributed by atoms with Crippen LogP contribution in [0, 0.1) is 0 Å². The van der Waals surface area contributed by atoms with E-state index in [0.717, 1.165) is 26.3 Å². The fourth-order valence-corrected chi connectivity index (χ4v) is 2.59. The Kier molecular flexibility index (Phi) is 3.17. The minimum Gasteiger partial charge on any atom is -0.389 e. The van der Waals surface area contributed by atoms with Crippen molar-refractivity contribution >= 4 is 27.9 Å². The van der Waals surface area contributed by atoms with Crippen LogP contribution in [0.15, 0.2) is 24.3 Å². The number of anilines is 1. The van der Waals surface area contributed by atoms with Crippen LogP contribution in [0.5, 0.6) is 0 Å². The minimum absolute atomic E-state index is 0.359. The van der Waals surface area contributed by atoms with Gasteiger partial charge in [-0.2, -0.15) is 0 Å². The van der Waals surface area contributed by atoms with Crippen LogP contribution in [0.25, 0.3) is 10.6 Å². The van der Waals surface area contributed by atoms with Crippen molar-refractivity contribution in [3.8, 4) is 10.6 Å². The molecule has 1 aromatic heterocycles. The summed E-state index contributed by atoms with van der Waals surface area (Å²) in [5.41, 5.74) is 7.98. The highest BCUT2D eigenvalue weighted by Gasteiger charge is 2.12. The van der Waals surface area contributed by atoms with E-state index in [1.54, 1.807) is 0 Å². The number of benzene rings is 1. The Bertz CT molecular complexity index is 488. The van der Waals surface area contributed by atoms with Gasteiger partial charge in [-0.3, -0.25) is 0 Å². The van der Waals surface area contributed by atoms with Crippen molar-refractivity contribution < 1.29 is 0 Å². The number of rotatable bonds is 2. The molecule has 0 amide bonds. The highest BCUT2D eigenvalue weighted by molar-refractivity contribution is 7.18. The van der Waals surface area contributed by atoms with Gasteiger partial charge in [-0.25, -0.2) is 4.98 Å². The number of hydrogen-bond donors (Lipinski definition) is 1. The molecular weight excluding hydrogens is 240 g/mol. The number of nitrogens with zero attached hydrogens (tertiary/aromatic N) is 1. The fourth-order valence-electron chi connectivity index (χ4n) is 1.47. The maximum absolute atomic E-state index is 5.94. The van der Waals surface area contributed by atoms with Crippen LogP contribution in [-0.4, -0.2) is 4.98 Å². The Balaban J connectivity index is 2.41. The molecule has 0 aliphatic carbocycles. The normalized spacial score (nSPS) is 11.0. The van der Waals surface area contributed by atoms with E-state index in [9.17, 15) is 0 Å². The Hall–Kier alpha value is -1.06. The molecule has 0 bridgehead atoms. The van der Waals surface area contributed by atoms with Gasteiger partial charge in [0.15, 0.2) is 0 Å². The van der Waals surface area contributed by atoms with E-state index < -0.39 is 0 Å². The number of hydrogen-bond acceptors (Lipinski definition) is 3. The minimum atomic E-state index is 0.359. The molecule has 0 radical (unpaired) electrons. The summed E-state index contributed by atoms with van der Waals surface area (Å²) in [6.45, 7) is 4.19. The maximum atomic E-state index is 5.94. The first kappa shape index (κ1) is 11.4. The summed E-state index contributed by atoms with van der Waals surface area (Å²) in [6.07, 6.45) is 0. The Morgan fingerprint density at radius 2 is 1.88 bits per heavy atom. The Morgan fingerprint density at radius 3 is 2.38 bits per heavy atom. The average Bonchev–Trinajstić information content (AvgIpc) is 2.61. The molecule has 84 valence electrons. The van der Waals surface area contributed by atoms with Gasteiger partial charge in [-0.05, 0) is 18.1 Å². The SMILES string of the molecule is CC(C)c1nc(-c2ccc(Cl)cc2)sc1N. The standard InChI is InChI=1S/C12H13ClN2S/c1-7(2)10-11(14)16-12(15-10)8-3-5-9(13)6-4-8/h3-7H,14H2,1-2H3. The zero-order chi connectivity index (χ0) is 11.7. The van der Waals surface area contributed by atoms with Crippen LogP contribution in [-0.2, 0) is 0 Å². The third kappa shape index (κ3) is 2.20. The molecule has 0 spiro atoms. The van der Waals surface area contributed by atoms with Gasteiger partial charge in [-0.15, -0.1) is 0 Å². The summed E-state index contributed by atoms with van der Waals surface area (Å²) in [4.78, 5) is 4.56. The molecule has 2 aromatic rings. The lowest BCUT2D eigenvalue weighted by Gasteiger charge is -1.99. The third-order valence-electron chi connectivity index (χ3n) is 2.32. The average molecular weight is 253 g/mol. The van der Waals surface area contributed by atoms with Crippen molar-refractivity contribution in [2.45, 2.75) is 19.8 Å². The molecule has 0 saturated carbocycles. The topological polar surface area (TPSA) is 38.9 Å². The molecular formula is C12H13ClN2S. The zero-order valence-corrected chi connectivity index (χ0v) is 10.8. The van der Waals surface area contributed by atoms with E-state index in [0.29, 0.717) is 5.92 Å². The van der Waals surface area contributed by atoms with Crippen molar-refractivity contribution in [3.05, 3.63) is 35.0 Å². The first-order chi connectivity index (χ1) is 7.58. The van der Waals surface area contributed by atoms with Crippen molar-refractivity contribution in [1.29, 1.82) is 0 Å². The van der Waals surface area contributed by atoms with E-state index in [1.807, 2.05) is 24.3 Å². The lowest BCUT2D eigenvalue weighted by atomic mass is 10.1. The molecule has 0 fully saturated rings. The highest BCUT2D eigenvalue weighted by atomic mass is 35.5. The fraction of sp³-hybridized carbons (Fsp3) is 0.250. The zero-order valence-electron chi connectivity index (χ0n) is 9.20. The van der Waals surface area contributed by atoms with Crippen LogP contribution in [0.4, 0.5) is 5.00 Å². The number of thiazole rings is 1. The van der Waals surface area contributed by atoms with Crippen molar-refractivity contribution in [3.63, 3.8) is 0 Å². The van der Waals surface area contributed by atoms with E-state index in [4.69, 9.17) is 17.3 Å². The van der Waals surface area contributed by atoms with Gasteiger partial charge in [0.25, 0.3) is 0 Å². The summed E-state index contributed by atoms with van der Waals surface area (Å²) in [6, 6.07) is 7.66. The second kappa shape index (κ2) is 4.44. The maximum Gasteiger partial charge on any atom is 0.125 e. The molecule has 2 nitrogen and oxygen atoms in total. The molecule has 0 atom stereocenters. The predicted molar refractivity (Wildman–Crippen MR) is 71.1 cm³/mol. The van der Waals surface area contributed by atoms with Gasteiger partial charge in [0, 0.05) is 10.6 Å². The number of halogens is 1. The number of nitrogens with two attached hydrogens (primary N) is 1. The number of nitrogen functional groups attached to an aromatic ring is 1. The molecule has 0 saturated heterocycles. The second-order valence-electron chi connectivity index (χ2n) is 3.93. The molecule has 1 heterocycles. The lowest BCUT2D eigenvalue weighted by molar-refractivity contribution is 0.837. The van der Waals surface area contributed by atoms with Gasteiger partial charge >= 0.3 is 0 Å². The van der Waals surface area contributed by atoms with Crippen molar-refractivity contribution in [2.24, 2.45) is 0 Å². The summed E-state index contributed by atoms with van der Waals surface area (Å²) >= 11 is 7.37. The van der Waals surface area contributed by atoms with Crippen molar-refractivity contribution in [2.75, 3.05) is 5.73 Å². The van der Waals surface area contributed by atoms with E-state index in [-0.39, 0.29) is 0 Å². The van der Waals surface area contributed by atoms with Gasteiger partial charge < -0.3 is 5.73 Å². The Morgan fingerprint density at radius 1 is 1.25 bits per heavy atom. The third-order valence-corrected chi connectivity index (χ3v) is 3.52. The molecule has 1 aromatic carbocycles. The molecule has 4 heteroatoms. The highest BCUT2D eigenvalue weighted by Crippen LogP contribution is 2.33. The summed E-state index contributed by atoms with van der Waals surface area (Å²) in [5.74, 6) is 0.359. The largest absolute Gasteiger partial charge is 0.389 e. The quantitative estimate of drug-likeness (QED) is 0.871. The van der Waals surface area contributed by atoms with Crippen LogP contribution in [0.2, 0.25) is 5.02 Å². The van der Waals surface area contributed by atoms with Crippen LogP contribution >= 0.6 is 22.9 Å². The monoisotopic (exact) mass is 252 g/mol. The van der Waals surface area contributed by atoms with E-state index >= 15 is 0 Å². The van der Waals surface area contributed by atoms with Gasteiger partial charge in [-0.1, -0.05) is 48.9 Å². The van der Waals surface area contributed by atoms with Gasteiger partial charge in [0.2, 0.25) is 0 Å². The smallest absolute Gasteiger partial charge is 0.125 e. The Labute approximate surface area is 104 Å².